The van der Waals surface area contributed by atoms with Crippen LogP contribution in [0.2, 0.25) is 0 Å². The molecule has 0 aliphatic carbocycles. The molecule has 24 heteroatoms. The first kappa shape index (κ1) is 79.5. The van der Waals surface area contributed by atoms with E-state index in [1.807, 2.05) is 216 Å². The molecule has 3 aromatic rings. The van der Waals surface area contributed by atoms with E-state index in [1.54, 1.807) is 73.2 Å². The normalized spacial score (nSPS) is 14.1. The van der Waals surface area contributed by atoms with Gasteiger partial charge in [-0.3, -0.25) is 29.3 Å². The molecule has 9 heterocycles. The third-order valence-corrected chi connectivity index (χ3v) is 8.51. The molecule has 21 nitrogen and oxygen atoms in total. The maximum atomic E-state index is 10.1. The third kappa shape index (κ3) is 38.3. The van der Waals surface area contributed by atoms with Crippen molar-refractivity contribution in [3.63, 3.8) is 0 Å². The Bertz CT molecular complexity index is 1870. The number of pyridine rings is 3. The van der Waals surface area contributed by atoms with Crippen molar-refractivity contribution < 1.29 is 92.9 Å². The van der Waals surface area contributed by atoms with Gasteiger partial charge in [0.25, 0.3) is 0 Å². The minimum absolute atomic E-state index is 0. The van der Waals surface area contributed by atoms with Crippen molar-refractivity contribution >= 4 is 17.9 Å². The molecular weight excluding hydrogens is 1550 g/mol. The van der Waals surface area contributed by atoms with E-state index in [-0.39, 0.29) is 89.9 Å². The van der Waals surface area contributed by atoms with Gasteiger partial charge >= 0.3 is 81.1 Å². The molecule has 6 aliphatic heterocycles. The van der Waals surface area contributed by atoms with Gasteiger partial charge in [-0.25, -0.2) is 0 Å². The Morgan fingerprint density at radius 2 is 0.519 bits per heavy atom. The molecule has 0 spiro atoms. The molecular formula is C55H85N15O6Pt3. The number of hydrazine groups is 3. The monoisotopic (exact) mass is 1640 g/mol. The molecule has 0 radical (unpaired) electrons. The predicted molar refractivity (Wildman–Crippen MR) is 300 cm³/mol. The number of carboxylic acid groups (broad SMARTS) is 3. The zero-order valence-corrected chi connectivity index (χ0v) is 53.6. The van der Waals surface area contributed by atoms with Crippen molar-refractivity contribution in [2.75, 3.05) is 42.3 Å². The van der Waals surface area contributed by atoms with Crippen molar-refractivity contribution in [2.45, 2.75) is 87.5 Å². The molecule has 3 N–H and O–H groups in total. The Morgan fingerprint density at radius 1 is 0.354 bits per heavy atom. The number of hydrogen-bond donors (Lipinski definition) is 3. The largest absolute Gasteiger partial charge is 2.00 e. The van der Waals surface area contributed by atoms with Gasteiger partial charge < -0.3 is 74.8 Å². The summed E-state index contributed by atoms with van der Waals surface area (Å²) in [5, 5.41) is 37.0. The number of carboxylic acids is 3. The molecule has 0 amide bonds. The van der Waals surface area contributed by atoms with Crippen LogP contribution in [0.3, 0.4) is 0 Å². The standard InChI is InChI=1S/3C8H12N4.3C7H7NO2.3C3H8.CH4.3Pt/c3*1-9-3-5-11(7-9)12-6-4-10(2)8-12;3*9-7(10)5-6-3-1-2-4-8-6;3*1-3-2;;;;/h3*3-8H,1-2H3;3*1-4H,5H2,(H,9,10);3*3H2,1-2H3;1H4;;;/q3*-2;;;;;;;;3*+2. The molecule has 0 atom stereocenters. The summed E-state index contributed by atoms with van der Waals surface area (Å²) in [6.45, 7) is 24.8. The summed E-state index contributed by atoms with van der Waals surface area (Å²) in [5.74, 6) is -2.55. The van der Waals surface area contributed by atoms with E-state index >= 15 is 0 Å². The molecule has 0 aromatic carbocycles. The molecule has 0 bridgehead atoms. The topological polar surface area (TPSA) is 189 Å². The Labute approximate surface area is 516 Å². The van der Waals surface area contributed by atoms with Gasteiger partial charge in [-0.15, -0.1) is 40.0 Å². The number of carbonyl (C=O) groups is 3. The molecule has 79 heavy (non-hydrogen) atoms. The number of nitrogens with zero attached hydrogens (tertiary/aromatic N) is 15. The fraction of sp³-hybridized carbons (Fsp3) is 0.345. The van der Waals surface area contributed by atoms with E-state index in [0.29, 0.717) is 17.1 Å². The van der Waals surface area contributed by atoms with Gasteiger partial charge in [0.1, 0.15) is 0 Å². The van der Waals surface area contributed by atoms with Crippen LogP contribution in [0.1, 0.15) is 85.3 Å². The van der Waals surface area contributed by atoms with Crippen LogP contribution in [-0.4, -0.2) is 150 Å². The van der Waals surface area contributed by atoms with Crippen LogP contribution in [0.4, 0.5) is 0 Å². The minimum Gasteiger partial charge on any atom is -0.509 e. The Hall–Kier alpha value is -6.04. The van der Waals surface area contributed by atoms with Crippen LogP contribution in [0.15, 0.2) is 148 Å². The van der Waals surface area contributed by atoms with Gasteiger partial charge in [-0.1, -0.05) is 86.4 Å². The van der Waals surface area contributed by atoms with Crippen molar-refractivity contribution in [3.05, 3.63) is 205 Å². The van der Waals surface area contributed by atoms with Crippen LogP contribution in [0.25, 0.3) is 0 Å². The van der Waals surface area contributed by atoms with Gasteiger partial charge in [-0.05, 0) is 116 Å². The third-order valence-electron chi connectivity index (χ3n) is 8.51. The van der Waals surface area contributed by atoms with Crippen LogP contribution in [0.5, 0.6) is 0 Å². The van der Waals surface area contributed by atoms with Crippen molar-refractivity contribution in [3.8, 4) is 0 Å². The van der Waals surface area contributed by atoms with E-state index in [9.17, 15) is 14.4 Å². The van der Waals surface area contributed by atoms with Gasteiger partial charge in [0.15, 0.2) is 0 Å². The number of aliphatic carboxylic acids is 3. The van der Waals surface area contributed by atoms with Crippen molar-refractivity contribution in [2.24, 2.45) is 0 Å². The summed E-state index contributed by atoms with van der Waals surface area (Å²) in [6, 6.07) is 15.6. The summed E-state index contributed by atoms with van der Waals surface area (Å²) in [4.78, 5) is 53.9. The summed E-state index contributed by atoms with van der Waals surface area (Å²) in [5.41, 5.74) is 1.78. The SMILES string of the molecule is C.CCC.CCC.CCC.CN1C=CN(N2C=CN(C)[CH-]2)[CH-]1.CN1C=CN(N2C=CN(C)[CH-]2)[CH-]1.CN1C=CN(N2C=CN(C)[CH-]2)[CH-]1.O=C(O)Cc1ccccn1.O=C(O)Cc1ccccn1.O=C(O)Cc1ccccn1.[Pt+2].[Pt+2].[Pt+2]. The van der Waals surface area contributed by atoms with E-state index < -0.39 is 17.9 Å². The summed E-state index contributed by atoms with van der Waals surface area (Å²) in [7, 11) is 12.0. The Kier molecular flexibility index (Phi) is 48.2. The molecule has 0 saturated carbocycles. The van der Waals surface area contributed by atoms with Crippen LogP contribution in [-0.2, 0) is 96.8 Å². The van der Waals surface area contributed by atoms with Gasteiger partial charge in [0.2, 0.25) is 0 Å². The minimum atomic E-state index is -0.848. The second-order valence-corrected chi connectivity index (χ2v) is 16.6. The zero-order chi connectivity index (χ0) is 56.0. The summed E-state index contributed by atoms with van der Waals surface area (Å²) < 4.78 is 0. The molecule has 0 saturated heterocycles. The Morgan fingerprint density at radius 3 is 0.620 bits per heavy atom. The van der Waals surface area contributed by atoms with E-state index in [4.69, 9.17) is 15.3 Å². The fourth-order valence-electron chi connectivity index (χ4n) is 5.41. The molecule has 3 aromatic heterocycles. The molecule has 6 aliphatic rings. The molecule has 0 unspecified atom stereocenters. The van der Waals surface area contributed by atoms with Crippen LogP contribution in [0, 0.1) is 40.0 Å². The van der Waals surface area contributed by atoms with Gasteiger partial charge in [0.05, 0.1) is 36.3 Å². The predicted octanol–water partition coefficient (Wildman–Crippen LogP) is 8.74. The average Bonchev–Trinajstić information content (AvgIpc) is 4.25. The maximum Gasteiger partial charge on any atom is 2.00 e. The second kappa shape index (κ2) is 47.9. The molecule has 9 rings (SSSR count). The fourth-order valence-corrected chi connectivity index (χ4v) is 5.41. The van der Waals surface area contributed by atoms with Crippen molar-refractivity contribution in [1.29, 1.82) is 0 Å². The molecule has 0 fully saturated rings. The van der Waals surface area contributed by atoms with E-state index in [1.165, 1.54) is 19.3 Å². The number of aromatic nitrogens is 3. The van der Waals surface area contributed by atoms with E-state index in [0.717, 1.165) is 0 Å². The average molecular weight is 1640 g/mol. The first-order chi connectivity index (χ1) is 35.9. The second-order valence-electron chi connectivity index (χ2n) is 16.6. The zero-order valence-electron chi connectivity index (χ0n) is 46.8. The first-order valence-electron chi connectivity index (χ1n) is 24.4. The quantitative estimate of drug-likeness (QED) is 0.172. The van der Waals surface area contributed by atoms with Crippen molar-refractivity contribution in [1.82, 2.24) is 74.4 Å². The Balaban J connectivity index is -0.000000411. The van der Waals surface area contributed by atoms with E-state index in [2.05, 4.69) is 56.5 Å². The summed E-state index contributed by atoms with van der Waals surface area (Å²) >= 11 is 0. The van der Waals surface area contributed by atoms with Crippen LogP contribution < -0.4 is 0 Å². The first-order valence-corrected chi connectivity index (χ1v) is 24.4. The maximum absolute atomic E-state index is 10.1. The van der Waals surface area contributed by atoms with Crippen LogP contribution >= 0.6 is 0 Å². The molecule has 446 valence electrons. The summed E-state index contributed by atoms with van der Waals surface area (Å²) in [6.07, 6.45) is 32.5. The number of hydrogen-bond acceptors (Lipinski definition) is 18. The number of rotatable bonds is 9. The van der Waals surface area contributed by atoms with Gasteiger partial charge in [-0.2, -0.15) is 0 Å². The smallest absolute Gasteiger partial charge is 0.509 e. The van der Waals surface area contributed by atoms with Gasteiger partial charge in [0, 0.05) is 55.8 Å².